The van der Waals surface area contributed by atoms with Crippen molar-refractivity contribution in [3.63, 3.8) is 0 Å². The third kappa shape index (κ3) is 1.12. The summed E-state index contributed by atoms with van der Waals surface area (Å²) in [6.07, 6.45) is 0.669. The number of anilines is 1. The van der Waals surface area contributed by atoms with Gasteiger partial charge in [0.15, 0.2) is 6.10 Å². The summed E-state index contributed by atoms with van der Waals surface area (Å²) in [5.74, 6) is -0.558. The molecule has 1 amide bonds. The minimum Gasteiger partial charge on any atom is -0.463 e. The minimum absolute atomic E-state index is 0.0607. The Morgan fingerprint density at radius 3 is 3.23 bits per heavy atom. The Morgan fingerprint density at radius 2 is 2.46 bits per heavy atom. The van der Waals surface area contributed by atoms with E-state index in [0.29, 0.717) is 0 Å². The number of fused-ring (bicyclic) bond motifs is 1. The Kier molecular flexibility index (Phi) is 1.65. The molecule has 5 heteroatoms. The van der Waals surface area contributed by atoms with Crippen molar-refractivity contribution < 1.29 is 14.0 Å². The number of halogens is 1. The predicted molar refractivity (Wildman–Crippen MR) is 42.9 cm³/mol. The molecule has 68 valence electrons. The van der Waals surface area contributed by atoms with E-state index < -0.39 is 12.0 Å². The maximum atomic E-state index is 13.2. The predicted octanol–water partition coefficient (Wildman–Crippen LogP) is 1.08. The molecule has 0 radical (unpaired) electrons. The van der Waals surface area contributed by atoms with Crippen LogP contribution >= 0.6 is 0 Å². The number of aromatic nitrogens is 1. The van der Waals surface area contributed by atoms with Crippen LogP contribution in [0.3, 0.4) is 0 Å². The van der Waals surface area contributed by atoms with Gasteiger partial charge >= 0.3 is 0 Å². The van der Waals surface area contributed by atoms with Gasteiger partial charge in [0.1, 0.15) is 5.69 Å². The normalized spacial score (nSPS) is 20.9. The van der Waals surface area contributed by atoms with E-state index in [0.717, 1.165) is 0 Å². The summed E-state index contributed by atoms with van der Waals surface area (Å²) in [6, 6.07) is 2.98. The Morgan fingerprint density at radius 1 is 1.69 bits per heavy atom. The van der Waals surface area contributed by atoms with E-state index >= 15 is 0 Å². The second kappa shape index (κ2) is 2.69. The molecular formula is C8H7FN2O2. The lowest BCUT2D eigenvalue weighted by Gasteiger charge is -2.24. The highest BCUT2D eigenvalue weighted by Gasteiger charge is 2.32. The van der Waals surface area contributed by atoms with Crippen molar-refractivity contribution in [3.8, 4) is 5.88 Å². The van der Waals surface area contributed by atoms with Gasteiger partial charge in [0.05, 0.1) is 0 Å². The summed E-state index contributed by atoms with van der Waals surface area (Å²) in [5.41, 5.74) is 0.0607. The summed E-state index contributed by atoms with van der Waals surface area (Å²) >= 11 is 0. The second-order valence-corrected chi connectivity index (χ2v) is 2.71. The first kappa shape index (κ1) is 7.97. The van der Waals surface area contributed by atoms with Gasteiger partial charge in [0.25, 0.3) is 5.91 Å². The SMILES string of the molecule is C[C@H]1Oc2ncccc2N(F)C1=O. The molecule has 0 unspecified atom stereocenters. The van der Waals surface area contributed by atoms with Gasteiger partial charge in [-0.1, -0.05) is 4.48 Å². The zero-order valence-corrected chi connectivity index (χ0v) is 6.90. The molecule has 13 heavy (non-hydrogen) atoms. The largest absolute Gasteiger partial charge is 0.463 e. The van der Waals surface area contributed by atoms with Crippen molar-refractivity contribution in [3.05, 3.63) is 18.3 Å². The quantitative estimate of drug-likeness (QED) is 0.564. The third-order valence-electron chi connectivity index (χ3n) is 1.79. The molecular weight excluding hydrogens is 175 g/mol. The van der Waals surface area contributed by atoms with Crippen LogP contribution in [0.25, 0.3) is 0 Å². The molecule has 1 aliphatic rings. The fraction of sp³-hybridized carbons (Fsp3) is 0.250. The number of amides is 1. The van der Waals surface area contributed by atoms with Gasteiger partial charge in [-0.05, 0) is 19.1 Å². The Balaban J connectivity index is 2.49. The first-order valence-electron chi connectivity index (χ1n) is 3.81. The van der Waals surface area contributed by atoms with E-state index in [1.54, 1.807) is 0 Å². The lowest BCUT2D eigenvalue weighted by Crippen LogP contribution is -2.39. The molecule has 0 fully saturated rings. The van der Waals surface area contributed by atoms with E-state index in [-0.39, 0.29) is 16.7 Å². The zero-order valence-electron chi connectivity index (χ0n) is 6.90. The van der Waals surface area contributed by atoms with Crippen molar-refractivity contribution in [1.82, 2.24) is 4.98 Å². The van der Waals surface area contributed by atoms with Crippen LogP contribution in [0.1, 0.15) is 6.92 Å². The minimum atomic E-state index is -0.813. The summed E-state index contributed by atoms with van der Waals surface area (Å²) in [5, 5.41) is 0.0660. The average Bonchev–Trinajstić information content (AvgIpc) is 2.15. The smallest absolute Gasteiger partial charge is 0.295 e. The number of rotatable bonds is 0. The van der Waals surface area contributed by atoms with Crippen LogP contribution < -0.4 is 9.86 Å². The summed E-state index contributed by atoms with van der Waals surface area (Å²) in [4.78, 5) is 14.9. The molecule has 0 aliphatic carbocycles. The molecule has 1 aromatic rings. The highest BCUT2D eigenvalue weighted by atomic mass is 19.2. The number of carbonyl (C=O) groups is 1. The maximum Gasteiger partial charge on any atom is 0.295 e. The van der Waals surface area contributed by atoms with Gasteiger partial charge in [0.2, 0.25) is 5.88 Å². The van der Waals surface area contributed by atoms with Crippen LogP contribution in [-0.2, 0) is 4.79 Å². The van der Waals surface area contributed by atoms with Crippen LogP contribution in [0.5, 0.6) is 5.88 Å². The molecule has 2 heterocycles. The monoisotopic (exact) mass is 182 g/mol. The summed E-state index contributed by atoms with van der Waals surface area (Å²) in [7, 11) is 0. The lowest BCUT2D eigenvalue weighted by molar-refractivity contribution is -0.128. The number of nitrogens with zero attached hydrogens (tertiary/aromatic N) is 2. The Hall–Kier alpha value is -1.65. The van der Waals surface area contributed by atoms with E-state index in [4.69, 9.17) is 4.74 Å². The Bertz CT molecular complexity index is 356. The van der Waals surface area contributed by atoms with Gasteiger partial charge in [-0.15, -0.1) is 5.12 Å². The van der Waals surface area contributed by atoms with Crippen molar-refractivity contribution in [1.29, 1.82) is 0 Å². The molecule has 0 saturated carbocycles. The van der Waals surface area contributed by atoms with Gasteiger partial charge in [-0.2, -0.15) is 0 Å². The molecule has 0 saturated heterocycles. The first-order chi connectivity index (χ1) is 6.20. The van der Waals surface area contributed by atoms with Crippen LogP contribution in [0.2, 0.25) is 0 Å². The fourth-order valence-corrected chi connectivity index (χ4v) is 1.12. The standard InChI is InChI=1S/C8H7FN2O2/c1-5-8(12)11(9)6-3-2-4-10-7(6)13-5/h2-5H,1H3/t5-/m1/s1. The fourth-order valence-electron chi connectivity index (χ4n) is 1.12. The van der Waals surface area contributed by atoms with Crippen LogP contribution in [0.4, 0.5) is 10.2 Å². The van der Waals surface area contributed by atoms with E-state index in [2.05, 4.69) is 4.98 Å². The number of pyridine rings is 1. The van der Waals surface area contributed by atoms with Crippen LogP contribution in [-0.4, -0.2) is 17.0 Å². The van der Waals surface area contributed by atoms with Gasteiger partial charge < -0.3 is 4.74 Å². The average molecular weight is 182 g/mol. The molecule has 1 aromatic heterocycles. The van der Waals surface area contributed by atoms with Gasteiger partial charge in [0, 0.05) is 6.20 Å². The molecule has 2 rings (SSSR count). The molecule has 1 aliphatic heterocycles. The van der Waals surface area contributed by atoms with E-state index in [9.17, 15) is 9.28 Å². The van der Waals surface area contributed by atoms with Crippen molar-refractivity contribution in [2.24, 2.45) is 0 Å². The number of carbonyl (C=O) groups excluding carboxylic acids is 1. The van der Waals surface area contributed by atoms with Crippen LogP contribution in [0, 0.1) is 0 Å². The maximum absolute atomic E-state index is 13.2. The molecule has 0 bridgehead atoms. The molecule has 1 atom stereocenters. The zero-order chi connectivity index (χ0) is 9.42. The van der Waals surface area contributed by atoms with Crippen molar-refractivity contribution in [2.75, 3.05) is 5.12 Å². The van der Waals surface area contributed by atoms with Crippen LogP contribution in [0.15, 0.2) is 18.3 Å². The Labute approximate surface area is 73.9 Å². The highest BCUT2D eigenvalue weighted by molar-refractivity contribution is 5.97. The first-order valence-corrected chi connectivity index (χ1v) is 3.81. The van der Waals surface area contributed by atoms with Crippen molar-refractivity contribution in [2.45, 2.75) is 13.0 Å². The molecule has 0 spiro atoms. The number of hydrogen-bond donors (Lipinski definition) is 0. The molecule has 0 N–H and O–H groups in total. The second-order valence-electron chi connectivity index (χ2n) is 2.71. The molecule has 0 aromatic carbocycles. The lowest BCUT2D eigenvalue weighted by atomic mass is 10.3. The third-order valence-corrected chi connectivity index (χ3v) is 1.79. The molecule has 4 nitrogen and oxygen atoms in total. The highest BCUT2D eigenvalue weighted by Crippen LogP contribution is 2.31. The summed E-state index contributed by atoms with van der Waals surface area (Å²) in [6.45, 7) is 1.48. The van der Waals surface area contributed by atoms with Crippen molar-refractivity contribution >= 4 is 11.6 Å². The van der Waals surface area contributed by atoms with Gasteiger partial charge in [-0.3, -0.25) is 4.79 Å². The van der Waals surface area contributed by atoms with E-state index in [1.165, 1.54) is 25.3 Å². The number of hydrogen-bond acceptors (Lipinski definition) is 3. The van der Waals surface area contributed by atoms with Gasteiger partial charge in [-0.25, -0.2) is 4.98 Å². The van der Waals surface area contributed by atoms with E-state index in [1.807, 2.05) is 0 Å². The topological polar surface area (TPSA) is 42.4 Å². The number of ether oxygens (including phenoxy) is 1. The summed E-state index contributed by atoms with van der Waals surface area (Å²) < 4.78 is 18.3.